The maximum Gasteiger partial charge on any atom is 0.186 e. The average Bonchev–Trinajstić information content (AvgIpc) is 3.38. The molecule has 0 radical (unpaired) electrons. The average molecular weight is 385 g/mol. The second-order valence-electron chi connectivity index (χ2n) is 7.34. The lowest BCUT2D eigenvalue weighted by molar-refractivity contribution is 0.0517. The van der Waals surface area contributed by atoms with Crippen LogP contribution in [0.25, 0.3) is 17.0 Å². The third-order valence-corrected chi connectivity index (χ3v) is 6.26. The van der Waals surface area contributed by atoms with E-state index in [1.165, 1.54) is 19.4 Å². The third kappa shape index (κ3) is 3.56. The molecule has 0 spiro atoms. The molecule has 2 aliphatic rings. The monoisotopic (exact) mass is 384 g/mol. The molecule has 0 N–H and O–H groups in total. The van der Waals surface area contributed by atoms with Crippen molar-refractivity contribution in [1.29, 1.82) is 0 Å². The summed E-state index contributed by atoms with van der Waals surface area (Å²) in [4.78, 5) is 4.97. The summed E-state index contributed by atoms with van der Waals surface area (Å²) in [5.74, 6) is 2.61. The standard InChI is InChI=1S/C19H24N6OS/c1-2-18(22-25-17(1)20-21-19(25)16-5-12-27-14-16)24-8-6-23(7-9-24)13-15-3-10-26-11-4-15/h1-2,5,12,14-15H,3-4,6-11,13H2. The number of rotatable bonds is 4. The number of thiophene rings is 1. The Morgan fingerprint density at radius 1 is 1.04 bits per heavy atom. The molecular weight excluding hydrogens is 360 g/mol. The first-order valence-corrected chi connectivity index (χ1v) is 10.6. The van der Waals surface area contributed by atoms with Crippen LogP contribution < -0.4 is 4.90 Å². The minimum Gasteiger partial charge on any atom is -0.381 e. The van der Waals surface area contributed by atoms with Crippen molar-refractivity contribution >= 4 is 22.8 Å². The van der Waals surface area contributed by atoms with Gasteiger partial charge in [-0.3, -0.25) is 4.90 Å². The van der Waals surface area contributed by atoms with Crippen LogP contribution in [-0.4, -0.2) is 70.6 Å². The summed E-state index contributed by atoms with van der Waals surface area (Å²) in [6.07, 6.45) is 2.41. The fraction of sp³-hybridized carbons (Fsp3) is 0.526. The van der Waals surface area contributed by atoms with Gasteiger partial charge in [-0.2, -0.15) is 15.9 Å². The predicted octanol–water partition coefficient (Wildman–Crippen LogP) is 2.40. The van der Waals surface area contributed by atoms with Crippen molar-refractivity contribution in [3.05, 3.63) is 29.0 Å². The molecule has 7 nitrogen and oxygen atoms in total. The van der Waals surface area contributed by atoms with Crippen molar-refractivity contribution < 1.29 is 4.74 Å². The van der Waals surface area contributed by atoms with E-state index in [2.05, 4.69) is 42.9 Å². The highest BCUT2D eigenvalue weighted by Gasteiger charge is 2.23. The summed E-state index contributed by atoms with van der Waals surface area (Å²) in [6.45, 7) is 7.28. The first-order chi connectivity index (χ1) is 13.4. The molecule has 0 aliphatic carbocycles. The highest BCUT2D eigenvalue weighted by molar-refractivity contribution is 7.08. The summed E-state index contributed by atoms with van der Waals surface area (Å²) in [5.41, 5.74) is 1.86. The van der Waals surface area contributed by atoms with E-state index in [1.807, 2.05) is 10.6 Å². The summed E-state index contributed by atoms with van der Waals surface area (Å²) >= 11 is 1.66. The number of ether oxygens (including phenoxy) is 1. The molecule has 0 amide bonds. The highest BCUT2D eigenvalue weighted by Crippen LogP contribution is 2.23. The maximum atomic E-state index is 5.48. The largest absolute Gasteiger partial charge is 0.381 e. The van der Waals surface area contributed by atoms with E-state index >= 15 is 0 Å². The van der Waals surface area contributed by atoms with E-state index in [9.17, 15) is 0 Å². The van der Waals surface area contributed by atoms with Crippen LogP contribution in [0.2, 0.25) is 0 Å². The molecule has 0 aromatic carbocycles. The maximum absolute atomic E-state index is 5.48. The highest BCUT2D eigenvalue weighted by atomic mass is 32.1. The fourth-order valence-electron chi connectivity index (χ4n) is 3.97. The molecule has 5 rings (SSSR count). The molecule has 0 unspecified atom stereocenters. The van der Waals surface area contributed by atoms with Crippen molar-refractivity contribution in [2.24, 2.45) is 5.92 Å². The molecule has 0 saturated carbocycles. The second kappa shape index (κ2) is 7.53. The molecular formula is C19H24N6OS. The molecule has 142 valence electrons. The van der Waals surface area contributed by atoms with E-state index in [1.54, 1.807) is 11.3 Å². The van der Waals surface area contributed by atoms with Crippen LogP contribution in [0.1, 0.15) is 12.8 Å². The van der Waals surface area contributed by atoms with Gasteiger partial charge in [0, 0.05) is 56.9 Å². The van der Waals surface area contributed by atoms with Gasteiger partial charge in [0.2, 0.25) is 0 Å². The SMILES string of the molecule is c1cc(-c2nnc3ccc(N4CCN(CC5CCOCC5)CC4)nn23)cs1. The van der Waals surface area contributed by atoms with Gasteiger partial charge in [0.05, 0.1) is 0 Å². The smallest absolute Gasteiger partial charge is 0.186 e. The van der Waals surface area contributed by atoms with Crippen LogP contribution in [0, 0.1) is 5.92 Å². The first kappa shape index (κ1) is 17.1. The van der Waals surface area contributed by atoms with Crippen molar-refractivity contribution in [2.75, 3.05) is 50.8 Å². The number of anilines is 1. The number of aromatic nitrogens is 4. The van der Waals surface area contributed by atoms with E-state index in [4.69, 9.17) is 9.84 Å². The van der Waals surface area contributed by atoms with Crippen LogP contribution in [0.4, 0.5) is 5.82 Å². The number of hydrogen-bond acceptors (Lipinski definition) is 7. The molecule has 5 heterocycles. The zero-order valence-electron chi connectivity index (χ0n) is 15.3. The molecule has 3 aromatic rings. The van der Waals surface area contributed by atoms with Gasteiger partial charge < -0.3 is 9.64 Å². The molecule has 2 saturated heterocycles. The minimum atomic E-state index is 0.790. The number of hydrogen-bond donors (Lipinski definition) is 0. The van der Waals surface area contributed by atoms with Gasteiger partial charge in [-0.25, -0.2) is 0 Å². The zero-order chi connectivity index (χ0) is 18.1. The second-order valence-corrected chi connectivity index (χ2v) is 8.12. The molecule has 3 aromatic heterocycles. The molecule has 8 heteroatoms. The van der Waals surface area contributed by atoms with Gasteiger partial charge in [-0.05, 0) is 42.3 Å². The van der Waals surface area contributed by atoms with Gasteiger partial charge in [0.1, 0.15) is 5.82 Å². The summed E-state index contributed by atoms with van der Waals surface area (Å²) in [7, 11) is 0. The van der Waals surface area contributed by atoms with Crippen LogP contribution >= 0.6 is 11.3 Å². The van der Waals surface area contributed by atoms with Gasteiger partial charge in [0.25, 0.3) is 0 Å². The Kier molecular flexibility index (Phi) is 4.77. The number of piperazine rings is 1. The topological polar surface area (TPSA) is 58.8 Å². The van der Waals surface area contributed by atoms with E-state index in [-0.39, 0.29) is 0 Å². The van der Waals surface area contributed by atoms with Crippen molar-refractivity contribution in [1.82, 2.24) is 24.7 Å². The first-order valence-electron chi connectivity index (χ1n) is 9.67. The summed E-state index contributed by atoms with van der Waals surface area (Å²) in [6, 6.07) is 6.14. The lowest BCUT2D eigenvalue weighted by Gasteiger charge is -2.37. The minimum absolute atomic E-state index is 0.790. The Hall–Kier alpha value is -2.03. The van der Waals surface area contributed by atoms with Crippen molar-refractivity contribution in [3.8, 4) is 11.4 Å². The Balaban J connectivity index is 1.28. The molecule has 0 atom stereocenters. The lowest BCUT2D eigenvalue weighted by Crippen LogP contribution is -2.48. The van der Waals surface area contributed by atoms with E-state index in [0.717, 1.165) is 68.2 Å². The van der Waals surface area contributed by atoms with Crippen LogP contribution in [-0.2, 0) is 4.74 Å². The van der Waals surface area contributed by atoms with Crippen LogP contribution in [0.5, 0.6) is 0 Å². The Labute approximate surface area is 162 Å². The normalized spacial score (nSPS) is 19.8. The number of fused-ring (bicyclic) bond motifs is 1. The molecule has 2 aliphatic heterocycles. The van der Waals surface area contributed by atoms with Gasteiger partial charge in [-0.1, -0.05) is 0 Å². The van der Waals surface area contributed by atoms with Gasteiger partial charge >= 0.3 is 0 Å². The summed E-state index contributed by atoms with van der Waals surface area (Å²) < 4.78 is 7.35. The number of nitrogens with zero attached hydrogens (tertiary/aromatic N) is 6. The van der Waals surface area contributed by atoms with E-state index in [0.29, 0.717) is 0 Å². The lowest BCUT2D eigenvalue weighted by atomic mass is 9.99. The zero-order valence-corrected chi connectivity index (χ0v) is 16.1. The predicted molar refractivity (Wildman–Crippen MR) is 106 cm³/mol. The van der Waals surface area contributed by atoms with Crippen molar-refractivity contribution in [2.45, 2.75) is 12.8 Å². The quantitative estimate of drug-likeness (QED) is 0.688. The van der Waals surface area contributed by atoms with Crippen molar-refractivity contribution in [3.63, 3.8) is 0 Å². The van der Waals surface area contributed by atoms with E-state index < -0.39 is 0 Å². The van der Waals surface area contributed by atoms with Crippen LogP contribution in [0.3, 0.4) is 0 Å². The summed E-state index contributed by atoms with van der Waals surface area (Å²) in [5, 5.41) is 17.6. The Bertz CT molecular complexity index is 881. The molecule has 2 fully saturated rings. The Morgan fingerprint density at radius 3 is 2.67 bits per heavy atom. The Morgan fingerprint density at radius 2 is 1.89 bits per heavy atom. The van der Waals surface area contributed by atoms with Gasteiger partial charge in [-0.15, -0.1) is 15.3 Å². The molecule has 0 bridgehead atoms. The van der Waals surface area contributed by atoms with Gasteiger partial charge in [0.15, 0.2) is 11.5 Å². The van der Waals surface area contributed by atoms with Crippen LogP contribution in [0.15, 0.2) is 29.0 Å². The third-order valence-electron chi connectivity index (χ3n) is 5.58. The molecule has 27 heavy (non-hydrogen) atoms. The fourth-order valence-corrected chi connectivity index (χ4v) is 4.61.